The van der Waals surface area contributed by atoms with Gasteiger partial charge in [-0.1, -0.05) is 0 Å². The third-order valence-electron chi connectivity index (χ3n) is 4.86. The number of sulfone groups is 1. The molecule has 0 saturated carbocycles. The number of benzene rings is 1. The van der Waals surface area contributed by atoms with Crippen LogP contribution in [0.2, 0.25) is 0 Å². The van der Waals surface area contributed by atoms with Crippen LogP contribution >= 0.6 is 0 Å². The SMILES string of the molecule is O=C1CN(Cc2ccnc(C3=NCCN3)c2)C(=O)N1c1ccc(S(=O)(=O)C(F)(F)F)cc1. The summed E-state index contributed by atoms with van der Waals surface area (Å²) in [6.07, 6.45) is 1.56. The number of pyridine rings is 1. The molecule has 1 fully saturated rings. The second-order valence-electron chi connectivity index (χ2n) is 7.02. The van der Waals surface area contributed by atoms with Crippen molar-refractivity contribution in [1.29, 1.82) is 0 Å². The molecule has 3 heterocycles. The van der Waals surface area contributed by atoms with Crippen LogP contribution in [0.15, 0.2) is 52.5 Å². The van der Waals surface area contributed by atoms with Crippen LogP contribution in [0.4, 0.5) is 23.7 Å². The number of hydrogen-bond donors (Lipinski definition) is 1. The maximum Gasteiger partial charge on any atom is 0.501 e. The second kappa shape index (κ2) is 7.89. The fraction of sp³-hybridized carbons (Fsp3) is 0.263. The summed E-state index contributed by atoms with van der Waals surface area (Å²) in [6, 6.07) is 6.18. The first-order valence-corrected chi connectivity index (χ1v) is 10.8. The maximum atomic E-state index is 12.8. The first-order valence-electron chi connectivity index (χ1n) is 9.35. The van der Waals surface area contributed by atoms with Crippen molar-refractivity contribution in [2.45, 2.75) is 16.9 Å². The highest BCUT2D eigenvalue weighted by atomic mass is 32.2. The Kier molecular flexibility index (Phi) is 5.36. The molecule has 32 heavy (non-hydrogen) atoms. The van der Waals surface area contributed by atoms with Gasteiger partial charge in [0.15, 0.2) is 0 Å². The van der Waals surface area contributed by atoms with Gasteiger partial charge in [0, 0.05) is 19.3 Å². The topological polar surface area (TPSA) is 112 Å². The van der Waals surface area contributed by atoms with Crippen LogP contribution in [0.25, 0.3) is 0 Å². The minimum absolute atomic E-state index is 0.0245. The third kappa shape index (κ3) is 3.90. The van der Waals surface area contributed by atoms with Gasteiger partial charge in [0.1, 0.15) is 18.1 Å². The van der Waals surface area contributed by atoms with Crippen LogP contribution in [-0.4, -0.2) is 61.2 Å². The standard InChI is InChI=1S/C19H16F3N5O4S/c20-19(21,22)32(30,31)14-3-1-13(2-4-14)27-16(28)11-26(18(27)29)10-12-5-6-23-15(9-12)17-24-7-8-25-17/h1-6,9H,7-8,10-11H2,(H,24,25). The smallest absolute Gasteiger partial charge is 0.367 e. The largest absolute Gasteiger partial charge is 0.501 e. The van der Waals surface area contributed by atoms with E-state index in [0.29, 0.717) is 42.3 Å². The summed E-state index contributed by atoms with van der Waals surface area (Å²) in [6.45, 7) is 1.21. The number of anilines is 1. The van der Waals surface area contributed by atoms with E-state index in [1.807, 2.05) is 0 Å². The molecule has 0 aliphatic carbocycles. The predicted octanol–water partition coefficient (Wildman–Crippen LogP) is 1.69. The molecule has 0 atom stereocenters. The first-order chi connectivity index (χ1) is 15.1. The van der Waals surface area contributed by atoms with E-state index < -0.39 is 32.2 Å². The number of amides is 3. The molecule has 2 aliphatic rings. The monoisotopic (exact) mass is 467 g/mol. The van der Waals surface area contributed by atoms with Crippen LogP contribution in [0.3, 0.4) is 0 Å². The van der Waals surface area contributed by atoms with Gasteiger partial charge in [-0.25, -0.2) is 18.1 Å². The molecular formula is C19H16F3N5O4S. The summed E-state index contributed by atoms with van der Waals surface area (Å²) in [5, 5.41) is 3.09. The third-order valence-corrected chi connectivity index (χ3v) is 6.36. The van der Waals surface area contributed by atoms with Crippen molar-refractivity contribution in [2.24, 2.45) is 4.99 Å². The van der Waals surface area contributed by atoms with E-state index >= 15 is 0 Å². The fourth-order valence-corrected chi connectivity index (χ4v) is 4.09. The number of aliphatic imine (C=N–C) groups is 1. The molecular weight excluding hydrogens is 451 g/mol. The van der Waals surface area contributed by atoms with Crippen LogP contribution in [0, 0.1) is 0 Å². The molecule has 3 amide bonds. The number of urea groups is 1. The Bertz CT molecular complexity index is 1210. The zero-order valence-electron chi connectivity index (χ0n) is 16.3. The second-order valence-corrected chi connectivity index (χ2v) is 8.96. The van der Waals surface area contributed by atoms with Crippen molar-refractivity contribution >= 4 is 33.3 Å². The van der Waals surface area contributed by atoms with Gasteiger partial charge < -0.3 is 10.2 Å². The number of hydrogen-bond acceptors (Lipinski definition) is 7. The molecule has 13 heteroatoms. The number of carbonyl (C=O) groups excluding carboxylic acids is 2. The van der Waals surface area contributed by atoms with E-state index in [4.69, 9.17) is 0 Å². The lowest BCUT2D eigenvalue weighted by molar-refractivity contribution is -0.116. The van der Waals surface area contributed by atoms with Crippen molar-refractivity contribution in [1.82, 2.24) is 15.2 Å². The minimum atomic E-state index is -5.53. The summed E-state index contributed by atoms with van der Waals surface area (Å²) < 4.78 is 61.1. The quantitative estimate of drug-likeness (QED) is 0.670. The van der Waals surface area contributed by atoms with E-state index in [1.54, 1.807) is 18.3 Å². The molecule has 9 nitrogen and oxygen atoms in total. The van der Waals surface area contributed by atoms with Gasteiger partial charge in [0.2, 0.25) is 0 Å². The van der Waals surface area contributed by atoms with Crippen LogP contribution in [0.5, 0.6) is 0 Å². The zero-order valence-corrected chi connectivity index (χ0v) is 17.2. The van der Waals surface area contributed by atoms with E-state index in [9.17, 15) is 31.2 Å². The molecule has 2 aromatic rings. The Labute approximate surface area is 180 Å². The zero-order chi connectivity index (χ0) is 23.1. The lowest BCUT2D eigenvalue weighted by atomic mass is 10.2. The van der Waals surface area contributed by atoms with Gasteiger partial charge >= 0.3 is 11.5 Å². The van der Waals surface area contributed by atoms with Crippen LogP contribution < -0.4 is 10.2 Å². The normalized spacial score (nSPS) is 17.0. The fourth-order valence-electron chi connectivity index (χ4n) is 3.33. The Morgan fingerprint density at radius 2 is 1.81 bits per heavy atom. The van der Waals surface area contributed by atoms with Crippen molar-refractivity contribution in [3.05, 3.63) is 53.9 Å². The number of carbonyl (C=O) groups is 2. The molecule has 1 aromatic heterocycles. The van der Waals surface area contributed by atoms with Crippen molar-refractivity contribution in [2.75, 3.05) is 24.5 Å². The van der Waals surface area contributed by atoms with Gasteiger partial charge in [0.25, 0.3) is 15.7 Å². The Morgan fingerprint density at radius 3 is 2.44 bits per heavy atom. The number of rotatable bonds is 5. The van der Waals surface area contributed by atoms with E-state index in [-0.39, 0.29) is 18.8 Å². The Hall–Kier alpha value is -3.48. The van der Waals surface area contributed by atoms with Crippen molar-refractivity contribution in [3.8, 4) is 0 Å². The Morgan fingerprint density at radius 1 is 1.09 bits per heavy atom. The maximum absolute atomic E-state index is 12.8. The molecule has 2 aliphatic heterocycles. The molecule has 0 spiro atoms. The van der Waals surface area contributed by atoms with Crippen molar-refractivity contribution in [3.63, 3.8) is 0 Å². The molecule has 0 bridgehead atoms. The number of aromatic nitrogens is 1. The number of nitrogens with zero attached hydrogens (tertiary/aromatic N) is 4. The van der Waals surface area contributed by atoms with E-state index in [0.717, 1.165) is 17.0 Å². The number of halogens is 3. The van der Waals surface area contributed by atoms with Crippen molar-refractivity contribution < 1.29 is 31.2 Å². The number of alkyl halides is 3. The highest BCUT2D eigenvalue weighted by Gasteiger charge is 2.47. The van der Waals surface area contributed by atoms with Gasteiger partial charge in [-0.3, -0.25) is 14.8 Å². The molecule has 0 radical (unpaired) electrons. The summed E-state index contributed by atoms with van der Waals surface area (Å²) in [7, 11) is -5.53. The highest BCUT2D eigenvalue weighted by Crippen LogP contribution is 2.32. The summed E-state index contributed by atoms with van der Waals surface area (Å²) >= 11 is 0. The average Bonchev–Trinajstić information content (AvgIpc) is 3.36. The minimum Gasteiger partial charge on any atom is -0.367 e. The molecule has 168 valence electrons. The van der Waals surface area contributed by atoms with E-state index in [1.165, 1.54) is 4.90 Å². The van der Waals surface area contributed by atoms with Gasteiger partial charge in [-0.15, -0.1) is 0 Å². The predicted molar refractivity (Wildman–Crippen MR) is 107 cm³/mol. The summed E-state index contributed by atoms with van der Waals surface area (Å²) in [5.74, 6) is 0.0590. The Balaban J connectivity index is 1.52. The average molecular weight is 467 g/mol. The van der Waals surface area contributed by atoms with Crippen LogP contribution in [0.1, 0.15) is 11.3 Å². The lowest BCUT2D eigenvalue weighted by Crippen LogP contribution is -2.33. The molecule has 4 rings (SSSR count). The number of amidine groups is 1. The van der Waals surface area contributed by atoms with Gasteiger partial charge in [-0.05, 0) is 42.0 Å². The summed E-state index contributed by atoms with van der Waals surface area (Å²) in [4.78, 5) is 34.8. The van der Waals surface area contributed by atoms with Gasteiger partial charge in [0.05, 0.1) is 17.1 Å². The summed E-state index contributed by atoms with van der Waals surface area (Å²) in [5.41, 5.74) is -4.16. The van der Waals surface area contributed by atoms with Crippen LogP contribution in [-0.2, 0) is 21.2 Å². The highest BCUT2D eigenvalue weighted by molar-refractivity contribution is 7.92. The number of imide groups is 1. The molecule has 0 unspecified atom stereocenters. The van der Waals surface area contributed by atoms with E-state index in [2.05, 4.69) is 15.3 Å². The van der Waals surface area contributed by atoms with Gasteiger partial charge in [-0.2, -0.15) is 13.2 Å². The lowest BCUT2D eigenvalue weighted by Gasteiger charge is -2.18. The molecule has 1 aromatic carbocycles. The molecule has 1 saturated heterocycles. The first kappa shape index (κ1) is 21.7. The number of nitrogens with one attached hydrogen (secondary N) is 1. The molecule has 1 N–H and O–H groups in total.